The van der Waals surface area contributed by atoms with Crippen LogP contribution in [-0.4, -0.2) is 31.1 Å². The monoisotopic (exact) mass is 360 g/mol. The molecule has 130 valence electrons. The first-order chi connectivity index (χ1) is 10.5. The molecular formula is C15H25ClN2O4Si. The summed E-state index contributed by atoms with van der Waals surface area (Å²) in [5.41, 5.74) is 6.03. The molecule has 6 nitrogen and oxygen atoms in total. The number of carbonyl (C=O) groups excluding carboxylic acids is 1. The van der Waals surface area contributed by atoms with Gasteiger partial charge in [0.25, 0.3) is 0 Å². The molecule has 0 aliphatic rings. The summed E-state index contributed by atoms with van der Waals surface area (Å²) < 4.78 is 11.2. The number of halogens is 1. The number of pyridine rings is 1. The molecule has 1 unspecified atom stereocenters. The molecule has 1 rings (SSSR count). The van der Waals surface area contributed by atoms with Crippen molar-refractivity contribution in [1.29, 1.82) is 0 Å². The highest BCUT2D eigenvalue weighted by Crippen LogP contribution is 2.37. The fourth-order valence-electron chi connectivity index (χ4n) is 1.72. The van der Waals surface area contributed by atoms with Crippen LogP contribution in [0.1, 0.15) is 38.1 Å². The second-order valence-corrected chi connectivity index (χ2v) is 12.1. The van der Waals surface area contributed by atoms with Crippen molar-refractivity contribution in [3.8, 4) is 0 Å². The van der Waals surface area contributed by atoms with Crippen LogP contribution < -0.4 is 5.73 Å². The van der Waals surface area contributed by atoms with E-state index in [0.717, 1.165) is 0 Å². The van der Waals surface area contributed by atoms with Crippen LogP contribution in [0.5, 0.6) is 0 Å². The number of rotatable bonds is 6. The summed E-state index contributed by atoms with van der Waals surface area (Å²) in [7, 11) is -2.04. The first-order valence-corrected chi connectivity index (χ1v) is 10.6. The minimum Gasteiger partial charge on any atom is -0.437 e. The van der Waals surface area contributed by atoms with Gasteiger partial charge < -0.3 is 20.0 Å². The molecule has 0 saturated carbocycles. The molecule has 0 radical (unpaired) electrons. The third-order valence-corrected chi connectivity index (χ3v) is 8.81. The van der Waals surface area contributed by atoms with E-state index in [1.165, 1.54) is 6.20 Å². The van der Waals surface area contributed by atoms with Crippen molar-refractivity contribution in [2.24, 2.45) is 5.73 Å². The number of nitrogens with zero attached hydrogens (tertiary/aromatic N) is 1. The van der Waals surface area contributed by atoms with Crippen molar-refractivity contribution >= 4 is 26.0 Å². The van der Waals surface area contributed by atoms with Crippen LogP contribution in [0.2, 0.25) is 23.2 Å². The van der Waals surface area contributed by atoms with Crippen LogP contribution >= 0.6 is 11.6 Å². The van der Waals surface area contributed by atoms with E-state index < -0.39 is 20.5 Å². The molecule has 0 fully saturated rings. The first kappa shape index (κ1) is 19.9. The average molecular weight is 361 g/mol. The maximum atomic E-state index is 11.2. The van der Waals surface area contributed by atoms with Gasteiger partial charge in [-0.25, -0.2) is 4.79 Å². The van der Waals surface area contributed by atoms with Gasteiger partial charge in [-0.1, -0.05) is 32.4 Å². The topological polar surface area (TPSA) is 94.7 Å². The van der Waals surface area contributed by atoms with E-state index in [9.17, 15) is 9.90 Å². The van der Waals surface area contributed by atoms with Crippen molar-refractivity contribution in [1.82, 2.24) is 4.98 Å². The van der Waals surface area contributed by atoms with Crippen LogP contribution in [0.15, 0.2) is 12.3 Å². The number of carbonyl (C=O) groups is 1. The number of hydrogen-bond acceptors (Lipinski definition) is 5. The lowest BCUT2D eigenvalue weighted by molar-refractivity contribution is 0.0629. The van der Waals surface area contributed by atoms with Gasteiger partial charge in [0.15, 0.2) is 14.4 Å². The van der Waals surface area contributed by atoms with Crippen molar-refractivity contribution < 1.29 is 19.1 Å². The minimum atomic E-state index is -2.04. The molecule has 1 amide bonds. The van der Waals surface area contributed by atoms with Crippen LogP contribution in [0.4, 0.5) is 4.79 Å². The van der Waals surface area contributed by atoms with Crippen LogP contribution in [0.3, 0.4) is 0 Å². The lowest BCUT2D eigenvalue weighted by Gasteiger charge is -2.37. The van der Waals surface area contributed by atoms with E-state index in [1.54, 1.807) is 6.07 Å². The molecule has 0 saturated heterocycles. The lowest BCUT2D eigenvalue weighted by Crippen LogP contribution is -2.42. The summed E-state index contributed by atoms with van der Waals surface area (Å²) in [4.78, 5) is 15.4. The van der Waals surface area contributed by atoms with E-state index in [1.807, 2.05) is 0 Å². The first-order valence-electron chi connectivity index (χ1n) is 7.33. The summed E-state index contributed by atoms with van der Waals surface area (Å²) in [6.45, 7) is 10.4. The lowest BCUT2D eigenvalue weighted by atomic mass is 10.1. The Morgan fingerprint density at radius 1 is 1.48 bits per heavy atom. The van der Waals surface area contributed by atoms with Crippen LogP contribution in [0, 0.1) is 0 Å². The molecule has 23 heavy (non-hydrogen) atoms. The van der Waals surface area contributed by atoms with E-state index in [-0.39, 0.29) is 18.3 Å². The molecule has 0 aliphatic carbocycles. The van der Waals surface area contributed by atoms with Gasteiger partial charge in [-0.15, -0.1) is 0 Å². The largest absolute Gasteiger partial charge is 0.437 e. The standard InChI is InChI=1S/C15H25ClN2O4Si/c1-15(2,3)23(4,5)21-9-12(22-14(17)20)13-10(8-19)6-11(16)7-18-13/h6-7,12,19H,8-9H2,1-5H3,(H2,17,20). The Morgan fingerprint density at radius 2 is 2.09 bits per heavy atom. The molecule has 0 spiro atoms. The van der Waals surface area contributed by atoms with Gasteiger partial charge in [-0.2, -0.15) is 0 Å². The molecule has 1 aromatic heterocycles. The predicted molar refractivity (Wildman–Crippen MR) is 91.7 cm³/mol. The maximum Gasteiger partial charge on any atom is 0.405 e. The van der Waals surface area contributed by atoms with Crippen LogP contribution in [0.25, 0.3) is 0 Å². The Kier molecular flexibility index (Phi) is 6.58. The molecule has 1 aromatic rings. The summed E-state index contributed by atoms with van der Waals surface area (Å²) in [5.74, 6) is 0. The molecule has 0 bridgehead atoms. The number of ether oxygens (including phenoxy) is 1. The number of aromatic nitrogens is 1. The molecular weight excluding hydrogens is 336 g/mol. The summed E-state index contributed by atoms with van der Waals surface area (Å²) in [6, 6.07) is 1.58. The smallest absolute Gasteiger partial charge is 0.405 e. The fraction of sp³-hybridized carbons (Fsp3) is 0.600. The molecule has 0 aromatic carbocycles. The van der Waals surface area contributed by atoms with Gasteiger partial charge in [0.05, 0.1) is 23.9 Å². The number of aliphatic hydroxyl groups excluding tert-OH is 1. The van der Waals surface area contributed by atoms with Gasteiger partial charge in [-0.3, -0.25) is 4.98 Å². The number of hydrogen-bond donors (Lipinski definition) is 2. The zero-order valence-electron chi connectivity index (χ0n) is 14.2. The highest BCUT2D eigenvalue weighted by molar-refractivity contribution is 6.74. The highest BCUT2D eigenvalue weighted by atomic mass is 35.5. The SMILES string of the molecule is CC(C)(C)[Si](C)(C)OCC(OC(N)=O)c1ncc(Cl)cc1CO. The number of aliphatic hydroxyl groups is 1. The Bertz CT molecular complexity index is 561. The summed E-state index contributed by atoms with van der Waals surface area (Å²) >= 11 is 5.89. The Labute approximate surface area is 143 Å². The molecule has 1 heterocycles. The number of nitrogens with two attached hydrogens (primary N) is 1. The summed E-state index contributed by atoms with van der Waals surface area (Å²) in [6.07, 6.45) is -0.282. The second-order valence-electron chi connectivity index (χ2n) is 6.85. The van der Waals surface area contributed by atoms with Crippen molar-refractivity contribution in [2.45, 2.75) is 51.6 Å². The van der Waals surface area contributed by atoms with Crippen molar-refractivity contribution in [2.75, 3.05) is 6.61 Å². The van der Waals surface area contributed by atoms with Crippen molar-refractivity contribution in [3.05, 3.63) is 28.5 Å². The maximum absolute atomic E-state index is 11.2. The summed E-state index contributed by atoms with van der Waals surface area (Å²) in [5, 5.41) is 9.88. The number of primary amides is 1. The van der Waals surface area contributed by atoms with E-state index in [0.29, 0.717) is 16.3 Å². The molecule has 0 aliphatic heterocycles. The van der Waals surface area contributed by atoms with Gasteiger partial charge in [-0.05, 0) is 24.2 Å². The van der Waals surface area contributed by atoms with Crippen molar-refractivity contribution in [3.63, 3.8) is 0 Å². The molecule has 8 heteroatoms. The van der Waals surface area contributed by atoms with Gasteiger partial charge in [0.1, 0.15) is 0 Å². The normalized spacial score (nSPS) is 13.7. The third kappa shape index (κ3) is 5.45. The minimum absolute atomic E-state index is 0.0114. The van der Waals surface area contributed by atoms with Gasteiger partial charge >= 0.3 is 6.09 Å². The second kappa shape index (κ2) is 7.61. The molecule has 1 atom stereocenters. The molecule has 3 N–H and O–H groups in total. The van der Waals surface area contributed by atoms with E-state index >= 15 is 0 Å². The average Bonchev–Trinajstić information content (AvgIpc) is 2.41. The Hall–Kier alpha value is -1.15. The quantitative estimate of drug-likeness (QED) is 0.758. The zero-order chi connectivity index (χ0) is 17.8. The Balaban J connectivity index is 3.05. The van der Waals surface area contributed by atoms with E-state index in [2.05, 4.69) is 38.8 Å². The third-order valence-electron chi connectivity index (χ3n) is 4.10. The van der Waals surface area contributed by atoms with Crippen LogP contribution in [-0.2, 0) is 15.8 Å². The fourth-order valence-corrected chi connectivity index (χ4v) is 2.90. The van der Waals surface area contributed by atoms with Gasteiger partial charge in [0.2, 0.25) is 0 Å². The van der Waals surface area contributed by atoms with Gasteiger partial charge in [0, 0.05) is 11.8 Å². The Morgan fingerprint density at radius 3 is 2.57 bits per heavy atom. The highest BCUT2D eigenvalue weighted by Gasteiger charge is 2.38. The predicted octanol–water partition coefficient (Wildman–Crippen LogP) is 3.39. The zero-order valence-corrected chi connectivity index (χ0v) is 16.0. The van der Waals surface area contributed by atoms with E-state index in [4.69, 9.17) is 26.5 Å². The number of amides is 1.